The summed E-state index contributed by atoms with van der Waals surface area (Å²) in [5.74, 6) is 1.08. The van der Waals surface area contributed by atoms with E-state index in [0.29, 0.717) is 12.0 Å². The Labute approximate surface area is 143 Å². The van der Waals surface area contributed by atoms with E-state index >= 15 is 0 Å². The molecular formula is C21H32OSi. The molecule has 1 nitrogen and oxygen atoms in total. The highest BCUT2D eigenvalue weighted by molar-refractivity contribution is 6.91. The number of carbonyl (C=O) groups is 1. The second-order valence-electron chi connectivity index (χ2n) is 7.90. The van der Waals surface area contributed by atoms with Gasteiger partial charge in [-0.1, -0.05) is 92.4 Å². The highest BCUT2D eigenvalue weighted by Crippen LogP contribution is 2.41. The summed E-state index contributed by atoms with van der Waals surface area (Å²) in [5, 5.41) is 1.54. The van der Waals surface area contributed by atoms with Crippen LogP contribution in [0.2, 0.25) is 18.6 Å². The van der Waals surface area contributed by atoms with Crippen LogP contribution < -0.4 is 5.19 Å². The van der Waals surface area contributed by atoms with Gasteiger partial charge in [-0.25, -0.2) is 0 Å². The van der Waals surface area contributed by atoms with Crippen molar-refractivity contribution < 1.29 is 4.79 Å². The van der Waals surface area contributed by atoms with Gasteiger partial charge in [0.05, 0.1) is 8.07 Å². The van der Waals surface area contributed by atoms with Crippen LogP contribution in [0.3, 0.4) is 0 Å². The maximum absolute atomic E-state index is 11.5. The van der Waals surface area contributed by atoms with Crippen molar-refractivity contribution in [3.05, 3.63) is 42.0 Å². The molecule has 126 valence electrons. The molecule has 2 rings (SSSR count). The summed E-state index contributed by atoms with van der Waals surface area (Å²) in [6.45, 7) is 8.87. The molecule has 0 N–H and O–H groups in total. The average Bonchev–Trinajstić information content (AvgIpc) is 2.53. The lowest BCUT2D eigenvalue weighted by atomic mass is 9.86. The SMILES string of the molecule is CC(=O)C/C(C)=C\[C@H](C1CCCCC1)[Si](C)(C)c1ccccc1. The van der Waals surface area contributed by atoms with E-state index in [-0.39, 0.29) is 5.78 Å². The first-order valence-corrected chi connectivity index (χ1v) is 12.2. The minimum atomic E-state index is -1.60. The van der Waals surface area contributed by atoms with Gasteiger partial charge in [-0.05, 0) is 25.3 Å². The molecule has 1 aliphatic carbocycles. The van der Waals surface area contributed by atoms with Crippen LogP contribution in [0.4, 0.5) is 0 Å². The van der Waals surface area contributed by atoms with E-state index in [9.17, 15) is 4.79 Å². The van der Waals surface area contributed by atoms with Crippen molar-refractivity contribution in [2.24, 2.45) is 5.92 Å². The monoisotopic (exact) mass is 328 g/mol. The van der Waals surface area contributed by atoms with Crippen LogP contribution >= 0.6 is 0 Å². The number of hydrogen-bond acceptors (Lipinski definition) is 1. The second kappa shape index (κ2) is 8.10. The Morgan fingerprint density at radius 3 is 2.30 bits per heavy atom. The fraction of sp³-hybridized carbons (Fsp3) is 0.571. The summed E-state index contributed by atoms with van der Waals surface area (Å²) in [6, 6.07) is 11.1. The third kappa shape index (κ3) is 4.91. The van der Waals surface area contributed by atoms with Crippen molar-refractivity contribution in [2.45, 2.75) is 71.0 Å². The molecule has 2 heteroatoms. The molecule has 1 atom stereocenters. The zero-order valence-electron chi connectivity index (χ0n) is 15.3. The average molecular weight is 329 g/mol. The van der Waals surface area contributed by atoms with Crippen LogP contribution in [-0.2, 0) is 4.79 Å². The molecule has 1 aromatic carbocycles. The van der Waals surface area contributed by atoms with Gasteiger partial charge in [0.2, 0.25) is 0 Å². The van der Waals surface area contributed by atoms with Crippen molar-refractivity contribution >= 4 is 19.0 Å². The molecule has 1 aromatic rings. The zero-order valence-corrected chi connectivity index (χ0v) is 16.3. The highest BCUT2D eigenvalue weighted by Gasteiger charge is 2.37. The molecule has 0 aromatic heterocycles. The van der Waals surface area contributed by atoms with Gasteiger partial charge in [-0.2, -0.15) is 0 Å². The molecule has 1 fully saturated rings. The predicted molar refractivity (Wildman–Crippen MR) is 103 cm³/mol. The molecule has 1 saturated carbocycles. The first-order chi connectivity index (χ1) is 10.9. The van der Waals surface area contributed by atoms with E-state index in [4.69, 9.17) is 0 Å². The predicted octanol–water partition coefficient (Wildman–Crippen LogP) is 5.48. The van der Waals surface area contributed by atoms with Crippen molar-refractivity contribution in [3.63, 3.8) is 0 Å². The molecule has 0 saturated heterocycles. The van der Waals surface area contributed by atoms with Gasteiger partial charge in [0.15, 0.2) is 0 Å². The summed E-state index contributed by atoms with van der Waals surface area (Å²) in [6.07, 6.45) is 9.96. The Morgan fingerprint density at radius 2 is 1.74 bits per heavy atom. The van der Waals surface area contributed by atoms with Crippen LogP contribution in [0.1, 0.15) is 52.4 Å². The summed E-state index contributed by atoms with van der Waals surface area (Å²) in [5.41, 5.74) is 1.91. The first-order valence-electron chi connectivity index (χ1n) is 9.13. The standard InChI is InChI=1S/C21H32OSi/c1-17(15-18(2)22)16-21(19-11-7-5-8-12-19)23(3,4)20-13-9-6-10-14-20/h6,9-10,13-14,16,19,21H,5,7-8,11-12,15H2,1-4H3/b17-16-/t21-/m1/s1. The van der Waals surface area contributed by atoms with Gasteiger partial charge < -0.3 is 0 Å². The van der Waals surface area contributed by atoms with Gasteiger partial charge in [0.1, 0.15) is 5.78 Å². The Morgan fingerprint density at radius 1 is 1.13 bits per heavy atom. The molecule has 0 unspecified atom stereocenters. The Kier molecular flexibility index (Phi) is 6.40. The Bertz CT molecular complexity index is 538. The van der Waals surface area contributed by atoms with E-state index in [1.165, 1.54) is 37.7 Å². The topological polar surface area (TPSA) is 17.1 Å². The zero-order chi connectivity index (χ0) is 16.9. The van der Waals surface area contributed by atoms with Crippen molar-refractivity contribution in [1.82, 2.24) is 0 Å². The largest absolute Gasteiger partial charge is 0.300 e. The number of benzene rings is 1. The van der Waals surface area contributed by atoms with Crippen molar-refractivity contribution in [3.8, 4) is 0 Å². The molecule has 1 aliphatic rings. The quantitative estimate of drug-likeness (QED) is 0.499. The van der Waals surface area contributed by atoms with Gasteiger partial charge in [-0.15, -0.1) is 0 Å². The summed E-state index contributed by atoms with van der Waals surface area (Å²) in [4.78, 5) is 11.5. The molecule has 0 radical (unpaired) electrons. The Balaban J connectivity index is 2.33. The van der Waals surface area contributed by atoms with Crippen molar-refractivity contribution in [1.29, 1.82) is 0 Å². The van der Waals surface area contributed by atoms with E-state index in [1.807, 2.05) is 0 Å². The number of hydrogen-bond donors (Lipinski definition) is 0. The van der Waals surface area contributed by atoms with E-state index in [1.54, 1.807) is 12.1 Å². The number of ketones is 1. The van der Waals surface area contributed by atoms with Gasteiger partial charge in [-0.3, -0.25) is 4.79 Å². The normalized spacial score (nSPS) is 18.7. The fourth-order valence-corrected chi connectivity index (χ4v) is 7.89. The molecule has 0 bridgehead atoms. The lowest BCUT2D eigenvalue weighted by Gasteiger charge is -2.39. The van der Waals surface area contributed by atoms with Crippen LogP contribution in [0, 0.1) is 5.92 Å². The summed E-state index contributed by atoms with van der Waals surface area (Å²) >= 11 is 0. The minimum absolute atomic E-state index is 0.278. The van der Waals surface area contributed by atoms with E-state index in [0.717, 1.165) is 5.92 Å². The maximum Gasteiger partial charge on any atom is 0.133 e. The minimum Gasteiger partial charge on any atom is -0.300 e. The molecule has 23 heavy (non-hydrogen) atoms. The maximum atomic E-state index is 11.5. The van der Waals surface area contributed by atoms with Crippen LogP contribution in [0.5, 0.6) is 0 Å². The van der Waals surface area contributed by atoms with Crippen LogP contribution in [0.25, 0.3) is 0 Å². The number of Topliss-reactive ketones (excluding diaryl/α,β-unsaturated/α-hetero) is 1. The first kappa shape index (κ1) is 18.2. The highest BCUT2D eigenvalue weighted by atomic mass is 28.3. The third-order valence-electron chi connectivity index (χ3n) is 5.50. The van der Waals surface area contributed by atoms with Crippen LogP contribution in [0.15, 0.2) is 42.0 Å². The van der Waals surface area contributed by atoms with Gasteiger partial charge >= 0.3 is 0 Å². The van der Waals surface area contributed by atoms with E-state index < -0.39 is 8.07 Å². The number of rotatable bonds is 6. The molecular weight excluding hydrogens is 296 g/mol. The molecule has 0 heterocycles. The van der Waals surface area contributed by atoms with Crippen molar-refractivity contribution in [2.75, 3.05) is 0 Å². The fourth-order valence-electron chi connectivity index (χ4n) is 4.25. The molecule has 0 amide bonds. The number of allylic oxidation sites excluding steroid dienone is 2. The smallest absolute Gasteiger partial charge is 0.133 e. The summed E-state index contributed by atoms with van der Waals surface area (Å²) < 4.78 is 0. The Hall–Kier alpha value is -1.15. The van der Waals surface area contributed by atoms with Crippen LogP contribution in [-0.4, -0.2) is 13.9 Å². The molecule has 0 spiro atoms. The molecule has 0 aliphatic heterocycles. The number of carbonyl (C=O) groups excluding carboxylic acids is 1. The lowest BCUT2D eigenvalue weighted by Crippen LogP contribution is -2.48. The van der Waals surface area contributed by atoms with Gasteiger partial charge in [0, 0.05) is 6.42 Å². The lowest BCUT2D eigenvalue weighted by molar-refractivity contribution is -0.116. The summed E-state index contributed by atoms with van der Waals surface area (Å²) in [7, 11) is -1.60. The third-order valence-corrected chi connectivity index (χ3v) is 9.63. The van der Waals surface area contributed by atoms with E-state index in [2.05, 4.69) is 56.4 Å². The van der Waals surface area contributed by atoms with Gasteiger partial charge in [0.25, 0.3) is 0 Å². The second-order valence-corrected chi connectivity index (χ2v) is 12.6.